The third-order valence-electron chi connectivity index (χ3n) is 6.02. The summed E-state index contributed by atoms with van der Waals surface area (Å²) in [7, 11) is 0. The van der Waals surface area contributed by atoms with E-state index in [1.54, 1.807) is 0 Å². The van der Waals surface area contributed by atoms with Crippen LogP contribution < -0.4 is 5.32 Å². The van der Waals surface area contributed by atoms with Crippen LogP contribution in [0.2, 0.25) is 0 Å². The number of aromatic nitrogens is 3. The van der Waals surface area contributed by atoms with Crippen LogP contribution in [0, 0.1) is 13.8 Å². The summed E-state index contributed by atoms with van der Waals surface area (Å²) in [5.74, 6) is 1.43. The van der Waals surface area contributed by atoms with Crippen molar-refractivity contribution in [3.8, 4) is 5.69 Å². The number of carbonyl (C=O) groups is 1. The lowest BCUT2D eigenvalue weighted by Crippen LogP contribution is -2.24. The second kappa shape index (κ2) is 9.69. The average Bonchev–Trinajstić information content (AvgIpc) is 3.21. The molecule has 0 bridgehead atoms. The van der Waals surface area contributed by atoms with Gasteiger partial charge in [0.25, 0.3) is 0 Å². The summed E-state index contributed by atoms with van der Waals surface area (Å²) < 4.78 is 2.16. The van der Waals surface area contributed by atoms with Crippen molar-refractivity contribution < 1.29 is 4.79 Å². The molecule has 1 amide bonds. The number of nitrogens with one attached hydrogen (secondary N) is 1. The van der Waals surface area contributed by atoms with Gasteiger partial charge in [0.2, 0.25) is 5.91 Å². The Bertz CT molecular complexity index is 1020. The van der Waals surface area contributed by atoms with Gasteiger partial charge < -0.3 is 5.32 Å². The van der Waals surface area contributed by atoms with Crippen LogP contribution in [-0.2, 0) is 4.79 Å². The van der Waals surface area contributed by atoms with Crippen LogP contribution in [0.25, 0.3) is 5.69 Å². The van der Waals surface area contributed by atoms with E-state index < -0.39 is 0 Å². The first-order valence-electron chi connectivity index (χ1n) is 11.1. The van der Waals surface area contributed by atoms with Gasteiger partial charge in [0.05, 0.1) is 5.25 Å². The Morgan fingerprint density at radius 3 is 2.35 bits per heavy atom. The zero-order valence-corrected chi connectivity index (χ0v) is 19.3. The highest BCUT2D eigenvalue weighted by molar-refractivity contribution is 8.00. The molecule has 162 valence electrons. The van der Waals surface area contributed by atoms with E-state index >= 15 is 0 Å². The normalized spacial score (nSPS) is 15.6. The molecule has 0 aliphatic heterocycles. The largest absolute Gasteiger partial charge is 0.325 e. The lowest BCUT2D eigenvalue weighted by Gasteiger charge is -2.22. The van der Waals surface area contributed by atoms with Crippen LogP contribution in [0.4, 0.5) is 5.69 Å². The number of hydrogen-bond acceptors (Lipinski definition) is 4. The van der Waals surface area contributed by atoms with E-state index in [1.807, 2.05) is 57.2 Å². The first-order chi connectivity index (χ1) is 15.0. The zero-order chi connectivity index (χ0) is 21.8. The molecule has 1 atom stereocenters. The quantitative estimate of drug-likeness (QED) is 0.480. The third kappa shape index (κ3) is 4.85. The number of hydrogen-bond donors (Lipinski definition) is 1. The van der Waals surface area contributed by atoms with E-state index in [0.29, 0.717) is 5.92 Å². The fourth-order valence-corrected chi connectivity index (χ4v) is 5.13. The van der Waals surface area contributed by atoms with Crippen LogP contribution >= 0.6 is 11.8 Å². The first kappa shape index (κ1) is 21.6. The van der Waals surface area contributed by atoms with Gasteiger partial charge >= 0.3 is 0 Å². The molecule has 0 saturated heterocycles. The lowest BCUT2D eigenvalue weighted by atomic mass is 9.88. The average molecular weight is 435 g/mol. The number of thioether (sulfide) groups is 1. The zero-order valence-electron chi connectivity index (χ0n) is 18.5. The second-order valence-electron chi connectivity index (χ2n) is 8.36. The summed E-state index contributed by atoms with van der Waals surface area (Å²) in [4.78, 5) is 13.0. The maximum Gasteiger partial charge on any atom is 0.237 e. The molecule has 5 nitrogen and oxygen atoms in total. The Morgan fingerprint density at radius 1 is 1.00 bits per heavy atom. The van der Waals surface area contributed by atoms with Crippen molar-refractivity contribution in [3.05, 3.63) is 65.5 Å². The summed E-state index contributed by atoms with van der Waals surface area (Å²) in [6, 6.07) is 16.3. The summed E-state index contributed by atoms with van der Waals surface area (Å²) in [6.07, 6.45) is 6.08. The Balaban J connectivity index is 1.59. The third-order valence-corrected chi connectivity index (χ3v) is 7.07. The van der Waals surface area contributed by atoms with Crippen molar-refractivity contribution in [1.29, 1.82) is 0 Å². The topological polar surface area (TPSA) is 59.8 Å². The van der Waals surface area contributed by atoms with Crippen LogP contribution in [0.5, 0.6) is 0 Å². The molecule has 1 aromatic heterocycles. The van der Waals surface area contributed by atoms with E-state index in [4.69, 9.17) is 0 Å². The molecule has 1 saturated carbocycles. The number of carbonyl (C=O) groups excluding carboxylic acids is 1. The Morgan fingerprint density at radius 2 is 1.68 bits per heavy atom. The minimum Gasteiger partial charge on any atom is -0.325 e. The summed E-state index contributed by atoms with van der Waals surface area (Å²) in [5.41, 5.74) is 4.08. The standard InChI is InChI=1S/C25H30N4OS/c1-17-11-10-12-18(2)22(17)26-24(30)19(3)31-25-28-27-23(20-13-6-4-7-14-20)29(25)21-15-8-5-9-16-21/h5,8-12,15-16,19-20H,4,6-7,13-14H2,1-3H3,(H,26,30)/t19-/m0/s1. The van der Waals surface area contributed by atoms with Crippen LogP contribution in [0.1, 0.15) is 61.9 Å². The van der Waals surface area contributed by atoms with Gasteiger partial charge in [-0.3, -0.25) is 9.36 Å². The number of benzene rings is 2. The molecular weight excluding hydrogens is 404 g/mol. The maximum absolute atomic E-state index is 13.0. The van der Waals surface area contributed by atoms with Gasteiger partial charge in [-0.1, -0.05) is 67.4 Å². The molecule has 1 N–H and O–H groups in total. The highest BCUT2D eigenvalue weighted by atomic mass is 32.2. The number of nitrogens with zero attached hydrogens (tertiary/aromatic N) is 3. The molecule has 1 aliphatic rings. The second-order valence-corrected chi connectivity index (χ2v) is 9.67. The van der Waals surface area contributed by atoms with E-state index in [9.17, 15) is 4.79 Å². The monoisotopic (exact) mass is 434 g/mol. The van der Waals surface area contributed by atoms with Crippen molar-refractivity contribution >= 4 is 23.4 Å². The summed E-state index contributed by atoms with van der Waals surface area (Å²) in [6.45, 7) is 5.96. The van der Waals surface area contributed by atoms with Gasteiger partial charge in [-0.25, -0.2) is 0 Å². The molecular formula is C25H30N4OS. The number of rotatable bonds is 6. The molecule has 0 spiro atoms. The summed E-state index contributed by atoms with van der Waals surface area (Å²) in [5, 5.41) is 12.7. The maximum atomic E-state index is 13.0. The number of anilines is 1. The Hall–Kier alpha value is -2.60. The van der Waals surface area contributed by atoms with Crippen LogP contribution in [0.15, 0.2) is 53.7 Å². The number of aryl methyl sites for hydroxylation is 2. The molecule has 1 aliphatic carbocycles. The molecule has 1 fully saturated rings. The molecule has 31 heavy (non-hydrogen) atoms. The first-order valence-corrected chi connectivity index (χ1v) is 12.0. The molecule has 0 unspecified atom stereocenters. The van der Waals surface area contributed by atoms with Crippen molar-refractivity contribution in [1.82, 2.24) is 14.8 Å². The highest BCUT2D eigenvalue weighted by Crippen LogP contribution is 2.35. The lowest BCUT2D eigenvalue weighted by molar-refractivity contribution is -0.115. The van der Waals surface area contributed by atoms with Gasteiger partial charge in [0, 0.05) is 17.3 Å². The van der Waals surface area contributed by atoms with E-state index in [-0.39, 0.29) is 11.2 Å². The molecule has 4 rings (SSSR count). The molecule has 3 aromatic rings. The van der Waals surface area contributed by atoms with Gasteiger partial charge in [-0.2, -0.15) is 0 Å². The predicted molar refractivity (Wildman–Crippen MR) is 127 cm³/mol. The fourth-order valence-electron chi connectivity index (χ4n) is 4.25. The summed E-state index contributed by atoms with van der Waals surface area (Å²) >= 11 is 1.47. The molecule has 0 radical (unpaired) electrons. The van der Waals surface area contributed by atoms with E-state index in [2.05, 4.69) is 32.2 Å². The molecule has 2 aromatic carbocycles. The Kier molecular flexibility index (Phi) is 6.76. The molecule has 6 heteroatoms. The smallest absolute Gasteiger partial charge is 0.237 e. The van der Waals surface area contributed by atoms with Gasteiger partial charge in [0.1, 0.15) is 5.82 Å². The van der Waals surface area contributed by atoms with E-state index in [1.165, 1.54) is 31.0 Å². The number of amides is 1. The predicted octanol–water partition coefficient (Wildman–Crippen LogP) is 6.05. The van der Waals surface area contributed by atoms with E-state index in [0.717, 1.165) is 46.3 Å². The minimum atomic E-state index is -0.301. The van der Waals surface area contributed by atoms with Crippen molar-refractivity contribution in [2.45, 2.75) is 69.2 Å². The van der Waals surface area contributed by atoms with Crippen molar-refractivity contribution in [3.63, 3.8) is 0 Å². The Labute approximate surface area is 188 Å². The minimum absolute atomic E-state index is 0.0239. The highest BCUT2D eigenvalue weighted by Gasteiger charge is 2.26. The van der Waals surface area contributed by atoms with Crippen LogP contribution in [-0.4, -0.2) is 25.9 Å². The van der Waals surface area contributed by atoms with Gasteiger partial charge in [0.15, 0.2) is 5.16 Å². The van der Waals surface area contributed by atoms with Gasteiger partial charge in [-0.15, -0.1) is 10.2 Å². The van der Waals surface area contributed by atoms with Crippen molar-refractivity contribution in [2.24, 2.45) is 0 Å². The van der Waals surface area contributed by atoms with Gasteiger partial charge in [-0.05, 0) is 56.9 Å². The van der Waals surface area contributed by atoms with Crippen LogP contribution in [0.3, 0.4) is 0 Å². The molecule has 1 heterocycles. The fraction of sp³-hybridized carbons (Fsp3) is 0.400. The van der Waals surface area contributed by atoms with Crippen molar-refractivity contribution in [2.75, 3.05) is 5.32 Å². The SMILES string of the molecule is Cc1cccc(C)c1NC(=O)[C@H](C)Sc1nnc(C2CCCCC2)n1-c1ccccc1. The number of para-hydroxylation sites is 2.